The van der Waals surface area contributed by atoms with Gasteiger partial charge in [-0.05, 0) is 31.1 Å². The van der Waals surface area contributed by atoms with Gasteiger partial charge >= 0.3 is 0 Å². The third-order valence-corrected chi connectivity index (χ3v) is 4.88. The van der Waals surface area contributed by atoms with Crippen molar-refractivity contribution in [3.05, 3.63) is 0 Å². The monoisotopic (exact) mass is 284 g/mol. The van der Waals surface area contributed by atoms with Crippen LogP contribution in [0.3, 0.4) is 0 Å². The Kier molecular flexibility index (Phi) is 5.32. The Morgan fingerprint density at radius 2 is 1.30 bits per heavy atom. The molecule has 3 rings (SSSR count). The zero-order valence-electron chi connectivity index (χ0n) is 12.5. The first-order chi connectivity index (χ1) is 9.86. The maximum Gasteiger partial charge on any atom is 0.104 e. The zero-order chi connectivity index (χ0) is 13.7. The molecule has 0 radical (unpaired) electrons. The van der Waals surface area contributed by atoms with Crippen molar-refractivity contribution in [2.24, 2.45) is 5.41 Å². The lowest BCUT2D eigenvalue weighted by atomic mass is 9.70. The molecule has 0 aromatic rings. The van der Waals surface area contributed by atoms with Gasteiger partial charge in [0.1, 0.15) is 12.2 Å². The Labute approximate surface area is 122 Å². The average molecular weight is 284 g/mol. The van der Waals surface area contributed by atoms with E-state index >= 15 is 0 Å². The van der Waals surface area contributed by atoms with Gasteiger partial charge in [-0.3, -0.25) is 0 Å². The van der Waals surface area contributed by atoms with E-state index in [0.29, 0.717) is 17.6 Å². The molecule has 4 heteroatoms. The molecule has 0 aromatic heterocycles. The van der Waals surface area contributed by atoms with Crippen LogP contribution in [0, 0.1) is 5.41 Å². The fraction of sp³-hybridized carbons (Fsp3) is 1.00. The van der Waals surface area contributed by atoms with Crippen LogP contribution in [0.2, 0.25) is 0 Å². The lowest BCUT2D eigenvalue weighted by Gasteiger charge is -2.37. The van der Waals surface area contributed by atoms with Crippen molar-refractivity contribution >= 4 is 0 Å². The fourth-order valence-corrected chi connectivity index (χ4v) is 3.26. The highest BCUT2D eigenvalue weighted by molar-refractivity contribution is 4.83. The van der Waals surface area contributed by atoms with Crippen molar-refractivity contribution in [2.75, 3.05) is 39.6 Å². The summed E-state index contributed by atoms with van der Waals surface area (Å²) in [5.74, 6) is 0. The van der Waals surface area contributed by atoms with E-state index in [1.807, 2.05) is 0 Å². The van der Waals surface area contributed by atoms with Crippen LogP contribution >= 0.6 is 0 Å². The molecule has 1 aliphatic carbocycles. The second-order valence-electron chi connectivity index (χ2n) is 6.62. The largest absolute Gasteiger partial charge is 0.379 e. The molecule has 0 bridgehead atoms. The highest BCUT2D eigenvalue weighted by atomic mass is 16.6. The van der Waals surface area contributed by atoms with Crippen molar-refractivity contribution < 1.29 is 18.9 Å². The first-order valence-electron chi connectivity index (χ1n) is 8.25. The van der Waals surface area contributed by atoms with E-state index in [1.165, 1.54) is 44.9 Å². The Morgan fingerprint density at radius 1 is 0.800 bits per heavy atom. The van der Waals surface area contributed by atoms with Crippen LogP contribution in [0.25, 0.3) is 0 Å². The van der Waals surface area contributed by atoms with Gasteiger partial charge in [-0.2, -0.15) is 0 Å². The van der Waals surface area contributed by atoms with E-state index in [1.54, 1.807) is 0 Å². The summed E-state index contributed by atoms with van der Waals surface area (Å²) in [4.78, 5) is 0. The third kappa shape index (κ3) is 4.99. The molecular formula is C16H28O4. The fourth-order valence-electron chi connectivity index (χ4n) is 3.26. The highest BCUT2D eigenvalue weighted by Gasteiger charge is 2.32. The SMILES string of the molecule is C1CCC(CCOCC2CO2)(CCOCC2CO2)CC1. The molecule has 2 heterocycles. The van der Waals surface area contributed by atoms with Gasteiger partial charge in [-0.25, -0.2) is 0 Å². The lowest BCUT2D eigenvalue weighted by molar-refractivity contribution is 0.0315. The van der Waals surface area contributed by atoms with Crippen molar-refractivity contribution in [2.45, 2.75) is 57.2 Å². The quantitative estimate of drug-likeness (QED) is 0.457. The van der Waals surface area contributed by atoms with Gasteiger partial charge in [0, 0.05) is 13.2 Å². The lowest BCUT2D eigenvalue weighted by Crippen LogP contribution is -2.28. The maximum absolute atomic E-state index is 5.75. The van der Waals surface area contributed by atoms with Crippen LogP contribution in [0.1, 0.15) is 44.9 Å². The van der Waals surface area contributed by atoms with Gasteiger partial charge in [0.2, 0.25) is 0 Å². The molecular weight excluding hydrogens is 256 g/mol. The Hall–Kier alpha value is -0.160. The number of hydrogen-bond acceptors (Lipinski definition) is 4. The van der Waals surface area contributed by atoms with E-state index in [4.69, 9.17) is 18.9 Å². The summed E-state index contributed by atoms with van der Waals surface area (Å²) in [6, 6.07) is 0. The standard InChI is InChI=1S/C16H28O4/c1-2-4-16(5-3-1,6-8-17-10-14-12-19-14)7-9-18-11-15-13-20-15/h14-15H,1-13H2. The van der Waals surface area contributed by atoms with Crippen LogP contribution in [-0.4, -0.2) is 51.8 Å². The van der Waals surface area contributed by atoms with Gasteiger partial charge in [0.15, 0.2) is 0 Å². The van der Waals surface area contributed by atoms with Crippen LogP contribution in [-0.2, 0) is 18.9 Å². The second kappa shape index (κ2) is 7.21. The molecule has 4 nitrogen and oxygen atoms in total. The van der Waals surface area contributed by atoms with Gasteiger partial charge in [0.25, 0.3) is 0 Å². The molecule has 3 aliphatic rings. The molecule has 1 saturated carbocycles. The summed E-state index contributed by atoms with van der Waals surface area (Å²) in [5, 5.41) is 0. The summed E-state index contributed by atoms with van der Waals surface area (Å²) in [6.07, 6.45) is 9.98. The molecule has 20 heavy (non-hydrogen) atoms. The number of ether oxygens (including phenoxy) is 4. The number of hydrogen-bond donors (Lipinski definition) is 0. The Morgan fingerprint density at radius 3 is 1.75 bits per heavy atom. The summed E-state index contributed by atoms with van der Waals surface area (Å²) >= 11 is 0. The third-order valence-electron chi connectivity index (χ3n) is 4.88. The Balaban J connectivity index is 1.34. The van der Waals surface area contributed by atoms with E-state index in [-0.39, 0.29) is 0 Å². The topological polar surface area (TPSA) is 43.5 Å². The number of epoxide rings is 2. The van der Waals surface area contributed by atoms with E-state index in [9.17, 15) is 0 Å². The molecule has 116 valence electrons. The van der Waals surface area contributed by atoms with Crippen molar-refractivity contribution in [3.63, 3.8) is 0 Å². The minimum absolute atomic E-state index is 0.388. The molecule has 0 amide bonds. The minimum Gasteiger partial charge on any atom is -0.379 e. The summed E-state index contributed by atoms with van der Waals surface area (Å²) in [6.45, 7) is 5.11. The minimum atomic E-state index is 0.388. The zero-order valence-corrected chi connectivity index (χ0v) is 12.5. The van der Waals surface area contributed by atoms with Gasteiger partial charge in [-0.15, -0.1) is 0 Å². The van der Waals surface area contributed by atoms with Crippen LogP contribution < -0.4 is 0 Å². The number of rotatable bonds is 10. The second-order valence-corrected chi connectivity index (χ2v) is 6.62. The normalized spacial score (nSPS) is 31.2. The van der Waals surface area contributed by atoms with Gasteiger partial charge in [-0.1, -0.05) is 19.3 Å². The summed E-state index contributed by atoms with van der Waals surface area (Å²) in [5.41, 5.74) is 0.465. The van der Waals surface area contributed by atoms with Crippen LogP contribution in [0.5, 0.6) is 0 Å². The molecule has 0 N–H and O–H groups in total. The highest BCUT2D eigenvalue weighted by Crippen LogP contribution is 2.42. The first-order valence-corrected chi connectivity index (χ1v) is 8.25. The van der Waals surface area contributed by atoms with Crippen LogP contribution in [0.15, 0.2) is 0 Å². The summed E-state index contributed by atoms with van der Waals surface area (Å²) < 4.78 is 21.9. The summed E-state index contributed by atoms with van der Waals surface area (Å²) in [7, 11) is 0. The van der Waals surface area contributed by atoms with Crippen molar-refractivity contribution in [1.82, 2.24) is 0 Å². The molecule has 3 fully saturated rings. The Bertz CT molecular complexity index is 258. The predicted octanol–water partition coefficient (Wildman–Crippen LogP) is 2.55. The molecule has 2 unspecified atom stereocenters. The van der Waals surface area contributed by atoms with Gasteiger partial charge < -0.3 is 18.9 Å². The van der Waals surface area contributed by atoms with Crippen LogP contribution in [0.4, 0.5) is 0 Å². The smallest absolute Gasteiger partial charge is 0.104 e. The predicted molar refractivity (Wildman–Crippen MR) is 75.9 cm³/mol. The molecule has 2 aliphatic heterocycles. The molecule has 2 atom stereocenters. The first kappa shape index (κ1) is 14.8. The van der Waals surface area contributed by atoms with Crippen molar-refractivity contribution in [1.29, 1.82) is 0 Å². The average Bonchev–Trinajstić information content (AvgIpc) is 3.36. The molecule has 0 aromatic carbocycles. The van der Waals surface area contributed by atoms with Crippen molar-refractivity contribution in [3.8, 4) is 0 Å². The van der Waals surface area contributed by atoms with E-state index in [2.05, 4.69) is 0 Å². The molecule has 2 saturated heterocycles. The van der Waals surface area contributed by atoms with Gasteiger partial charge in [0.05, 0.1) is 26.4 Å². The maximum atomic E-state index is 5.75. The van der Waals surface area contributed by atoms with E-state index < -0.39 is 0 Å². The van der Waals surface area contributed by atoms with E-state index in [0.717, 1.165) is 39.6 Å². The molecule has 0 spiro atoms.